The van der Waals surface area contributed by atoms with Crippen LogP contribution in [-0.4, -0.2) is 45.3 Å². The predicted octanol–water partition coefficient (Wildman–Crippen LogP) is 2.81. The molecular formula is C20H26N2O4. The highest BCUT2D eigenvalue weighted by Crippen LogP contribution is 2.32. The van der Waals surface area contributed by atoms with Crippen LogP contribution >= 0.6 is 0 Å². The van der Waals surface area contributed by atoms with Crippen molar-refractivity contribution in [3.63, 3.8) is 0 Å². The Morgan fingerprint density at radius 3 is 2.19 bits per heavy atom. The Balaban J connectivity index is 2.64. The summed E-state index contributed by atoms with van der Waals surface area (Å²) >= 11 is 0. The van der Waals surface area contributed by atoms with Gasteiger partial charge in [-0.2, -0.15) is 0 Å². The van der Waals surface area contributed by atoms with E-state index in [9.17, 15) is 19.5 Å². The minimum Gasteiger partial charge on any atom is -0.480 e. The van der Waals surface area contributed by atoms with Crippen molar-refractivity contribution >= 4 is 23.5 Å². The minimum atomic E-state index is -1.10. The first-order valence-corrected chi connectivity index (χ1v) is 8.67. The Morgan fingerprint density at radius 2 is 1.73 bits per heavy atom. The van der Waals surface area contributed by atoms with Gasteiger partial charge in [0.1, 0.15) is 12.6 Å². The van der Waals surface area contributed by atoms with Crippen LogP contribution in [0.1, 0.15) is 40.2 Å². The number of carbonyl (C=O) groups excluding carboxylic acids is 2. The van der Waals surface area contributed by atoms with Gasteiger partial charge in [-0.25, -0.2) is 0 Å². The Kier molecular flexibility index (Phi) is 5.54. The summed E-state index contributed by atoms with van der Waals surface area (Å²) in [7, 11) is 0. The van der Waals surface area contributed by atoms with Crippen molar-refractivity contribution in [2.24, 2.45) is 11.3 Å². The first-order valence-electron chi connectivity index (χ1n) is 8.67. The van der Waals surface area contributed by atoms with Gasteiger partial charge in [0.05, 0.1) is 5.70 Å². The SMILES string of the molecule is CC(C)C1C(=O)N(CC(=O)O)C(c2ccccc2)=CN1C(=O)C(C)(C)C. The second kappa shape index (κ2) is 7.32. The molecule has 0 fully saturated rings. The third-order valence-corrected chi connectivity index (χ3v) is 4.24. The smallest absolute Gasteiger partial charge is 0.323 e. The molecule has 1 aliphatic rings. The lowest BCUT2D eigenvalue weighted by atomic mass is 9.90. The molecule has 2 amide bonds. The van der Waals surface area contributed by atoms with Gasteiger partial charge < -0.3 is 10.0 Å². The molecule has 1 aromatic rings. The van der Waals surface area contributed by atoms with Gasteiger partial charge >= 0.3 is 5.97 Å². The van der Waals surface area contributed by atoms with Gasteiger partial charge in [-0.05, 0) is 11.5 Å². The van der Waals surface area contributed by atoms with Gasteiger partial charge in [-0.1, -0.05) is 65.0 Å². The number of aliphatic carboxylic acids is 1. The maximum absolute atomic E-state index is 13.2. The fourth-order valence-corrected chi connectivity index (χ4v) is 3.00. The molecule has 0 aromatic heterocycles. The fraction of sp³-hybridized carbons (Fsp3) is 0.450. The summed E-state index contributed by atoms with van der Waals surface area (Å²) in [6.45, 7) is 8.67. The number of amides is 2. The lowest BCUT2D eigenvalue weighted by Gasteiger charge is -2.42. The standard InChI is InChI=1S/C20H26N2O4/c1-13(2)17-18(25)21(12-16(23)24)15(14-9-7-6-8-10-14)11-22(17)19(26)20(3,4)5/h6-11,13,17H,12H2,1-5H3,(H,23,24). The van der Waals surface area contributed by atoms with E-state index in [0.717, 1.165) is 0 Å². The van der Waals surface area contributed by atoms with Gasteiger partial charge in [-0.3, -0.25) is 19.3 Å². The summed E-state index contributed by atoms with van der Waals surface area (Å²) in [4.78, 5) is 40.2. The Bertz CT molecular complexity index is 732. The topological polar surface area (TPSA) is 77.9 Å². The third kappa shape index (κ3) is 3.95. The van der Waals surface area contributed by atoms with Crippen LogP contribution in [0.2, 0.25) is 0 Å². The normalized spacial score (nSPS) is 18.2. The quantitative estimate of drug-likeness (QED) is 0.898. The van der Waals surface area contributed by atoms with Crippen LogP contribution in [-0.2, 0) is 14.4 Å². The molecule has 1 aromatic carbocycles. The monoisotopic (exact) mass is 358 g/mol. The molecule has 0 aliphatic carbocycles. The van der Waals surface area contributed by atoms with Gasteiger partial charge in [0.2, 0.25) is 5.91 Å². The van der Waals surface area contributed by atoms with Crippen molar-refractivity contribution in [2.75, 3.05) is 6.54 Å². The van der Waals surface area contributed by atoms with E-state index in [1.165, 1.54) is 9.80 Å². The van der Waals surface area contributed by atoms with Crippen molar-refractivity contribution in [3.8, 4) is 0 Å². The molecule has 26 heavy (non-hydrogen) atoms. The molecule has 1 heterocycles. The average molecular weight is 358 g/mol. The largest absolute Gasteiger partial charge is 0.480 e. The molecular weight excluding hydrogens is 332 g/mol. The van der Waals surface area contributed by atoms with E-state index in [2.05, 4.69) is 0 Å². The van der Waals surface area contributed by atoms with Crippen molar-refractivity contribution in [3.05, 3.63) is 42.1 Å². The number of benzene rings is 1. The summed E-state index contributed by atoms with van der Waals surface area (Å²) in [5.74, 6) is -1.80. The lowest BCUT2D eigenvalue weighted by Crippen LogP contribution is -2.57. The van der Waals surface area contributed by atoms with Crippen molar-refractivity contribution in [1.29, 1.82) is 0 Å². The van der Waals surface area contributed by atoms with Gasteiger partial charge in [0.15, 0.2) is 0 Å². The number of carbonyl (C=O) groups is 3. The zero-order valence-corrected chi connectivity index (χ0v) is 15.9. The first-order chi connectivity index (χ1) is 12.0. The van der Waals surface area contributed by atoms with Crippen LogP contribution in [0.25, 0.3) is 5.70 Å². The van der Waals surface area contributed by atoms with Crippen molar-refractivity contribution in [2.45, 2.75) is 40.7 Å². The Labute approximate surface area is 154 Å². The number of carboxylic acids is 1. The molecule has 0 saturated heterocycles. The number of rotatable bonds is 4. The second-order valence-electron chi connectivity index (χ2n) is 7.85. The summed E-state index contributed by atoms with van der Waals surface area (Å²) in [5, 5.41) is 9.28. The maximum atomic E-state index is 13.2. The Hall–Kier alpha value is -2.63. The Morgan fingerprint density at radius 1 is 1.15 bits per heavy atom. The second-order valence-corrected chi connectivity index (χ2v) is 7.85. The molecule has 2 rings (SSSR count). The molecule has 0 spiro atoms. The van der Waals surface area contributed by atoms with Gasteiger partial charge in [-0.15, -0.1) is 0 Å². The van der Waals surface area contributed by atoms with E-state index >= 15 is 0 Å². The molecule has 6 heteroatoms. The van der Waals surface area contributed by atoms with E-state index in [0.29, 0.717) is 11.3 Å². The first kappa shape index (κ1) is 19.7. The number of hydrogen-bond acceptors (Lipinski definition) is 3. The number of carboxylic acid groups (broad SMARTS) is 1. The fourth-order valence-electron chi connectivity index (χ4n) is 3.00. The summed E-state index contributed by atoms with van der Waals surface area (Å²) in [5.41, 5.74) is 0.448. The van der Waals surface area contributed by atoms with E-state index in [1.807, 2.05) is 32.0 Å². The maximum Gasteiger partial charge on any atom is 0.323 e. The molecule has 0 bridgehead atoms. The molecule has 1 atom stereocenters. The molecule has 0 saturated carbocycles. The van der Waals surface area contributed by atoms with Crippen molar-refractivity contribution < 1.29 is 19.5 Å². The van der Waals surface area contributed by atoms with Gasteiger partial charge in [0.25, 0.3) is 5.91 Å². The zero-order valence-electron chi connectivity index (χ0n) is 15.9. The van der Waals surface area contributed by atoms with E-state index in [-0.39, 0.29) is 17.7 Å². The van der Waals surface area contributed by atoms with Crippen LogP contribution in [0, 0.1) is 11.3 Å². The number of hydrogen-bond donors (Lipinski definition) is 1. The summed E-state index contributed by atoms with van der Waals surface area (Å²) < 4.78 is 0. The van der Waals surface area contributed by atoms with Gasteiger partial charge in [0, 0.05) is 11.6 Å². The molecule has 1 unspecified atom stereocenters. The predicted molar refractivity (Wildman–Crippen MR) is 98.7 cm³/mol. The highest BCUT2D eigenvalue weighted by Gasteiger charge is 2.43. The zero-order chi connectivity index (χ0) is 19.6. The van der Waals surface area contributed by atoms with E-state index in [1.54, 1.807) is 39.1 Å². The third-order valence-electron chi connectivity index (χ3n) is 4.24. The highest BCUT2D eigenvalue weighted by molar-refractivity contribution is 5.99. The minimum absolute atomic E-state index is 0.154. The van der Waals surface area contributed by atoms with Crippen LogP contribution < -0.4 is 0 Å². The molecule has 0 radical (unpaired) electrons. The molecule has 6 nitrogen and oxygen atoms in total. The highest BCUT2D eigenvalue weighted by atomic mass is 16.4. The van der Waals surface area contributed by atoms with Crippen LogP contribution in [0.15, 0.2) is 36.5 Å². The van der Waals surface area contributed by atoms with Crippen LogP contribution in [0.3, 0.4) is 0 Å². The van der Waals surface area contributed by atoms with E-state index in [4.69, 9.17) is 0 Å². The van der Waals surface area contributed by atoms with E-state index < -0.39 is 24.0 Å². The average Bonchev–Trinajstić information content (AvgIpc) is 2.54. The summed E-state index contributed by atoms with van der Waals surface area (Å²) in [6.07, 6.45) is 1.62. The molecule has 140 valence electrons. The molecule has 1 N–H and O–H groups in total. The van der Waals surface area contributed by atoms with Crippen molar-refractivity contribution in [1.82, 2.24) is 9.80 Å². The number of nitrogens with zero attached hydrogens (tertiary/aromatic N) is 2. The van der Waals surface area contributed by atoms with Crippen LogP contribution in [0.4, 0.5) is 0 Å². The summed E-state index contributed by atoms with van der Waals surface area (Å²) in [6, 6.07) is 8.32. The van der Waals surface area contributed by atoms with Crippen LogP contribution in [0.5, 0.6) is 0 Å². The lowest BCUT2D eigenvalue weighted by molar-refractivity contribution is -0.151. The molecule has 1 aliphatic heterocycles.